The molecule has 0 aromatic heterocycles. The fraction of sp³-hybridized carbons (Fsp3) is 0.500. The normalized spacial score (nSPS) is 18.6. The van der Waals surface area contributed by atoms with Gasteiger partial charge in [-0.1, -0.05) is 32.0 Å². The van der Waals surface area contributed by atoms with Crippen molar-refractivity contribution >= 4 is 11.8 Å². The molecular formula is C12H16S. The second-order valence-electron chi connectivity index (χ2n) is 3.78. The fourth-order valence-corrected chi connectivity index (χ4v) is 3.41. The SMILES string of the molecule is CCC1(CC)Cc2ccccc2S1. The highest BCUT2D eigenvalue weighted by Crippen LogP contribution is 2.48. The van der Waals surface area contributed by atoms with Crippen LogP contribution in [0, 0.1) is 0 Å². The van der Waals surface area contributed by atoms with E-state index in [9.17, 15) is 0 Å². The Balaban J connectivity index is 2.30. The van der Waals surface area contributed by atoms with E-state index in [-0.39, 0.29) is 0 Å². The lowest BCUT2D eigenvalue weighted by molar-refractivity contribution is 0.555. The molecule has 1 aromatic carbocycles. The molecule has 1 aliphatic heterocycles. The molecule has 0 spiro atoms. The predicted octanol–water partition coefficient (Wildman–Crippen LogP) is 3.89. The maximum Gasteiger partial charge on any atom is 0.0242 e. The van der Waals surface area contributed by atoms with E-state index in [1.54, 1.807) is 5.56 Å². The van der Waals surface area contributed by atoms with E-state index in [1.165, 1.54) is 24.2 Å². The molecule has 0 nitrogen and oxygen atoms in total. The first kappa shape index (κ1) is 9.14. The van der Waals surface area contributed by atoms with Gasteiger partial charge >= 0.3 is 0 Å². The molecular weight excluding hydrogens is 176 g/mol. The topological polar surface area (TPSA) is 0 Å². The summed E-state index contributed by atoms with van der Waals surface area (Å²) in [5, 5.41) is 0. The van der Waals surface area contributed by atoms with Crippen LogP contribution in [0.4, 0.5) is 0 Å². The zero-order valence-corrected chi connectivity index (χ0v) is 9.16. The molecule has 0 saturated heterocycles. The number of thioether (sulfide) groups is 1. The van der Waals surface area contributed by atoms with Crippen molar-refractivity contribution in [3.63, 3.8) is 0 Å². The molecule has 2 rings (SSSR count). The molecule has 0 saturated carbocycles. The van der Waals surface area contributed by atoms with Crippen molar-refractivity contribution in [3.05, 3.63) is 29.8 Å². The molecule has 1 aliphatic rings. The van der Waals surface area contributed by atoms with Crippen LogP contribution in [0.15, 0.2) is 29.2 Å². The number of benzene rings is 1. The van der Waals surface area contributed by atoms with Gasteiger partial charge in [-0.15, -0.1) is 11.8 Å². The highest BCUT2D eigenvalue weighted by Gasteiger charge is 2.34. The van der Waals surface area contributed by atoms with Crippen LogP contribution in [0.2, 0.25) is 0 Å². The zero-order chi connectivity index (χ0) is 9.31. The summed E-state index contributed by atoms with van der Waals surface area (Å²) in [7, 11) is 0. The average molecular weight is 192 g/mol. The van der Waals surface area contributed by atoms with Crippen molar-refractivity contribution in [1.29, 1.82) is 0 Å². The molecule has 1 aromatic rings. The van der Waals surface area contributed by atoms with E-state index in [0.717, 1.165) is 0 Å². The van der Waals surface area contributed by atoms with Gasteiger partial charge in [0.15, 0.2) is 0 Å². The minimum absolute atomic E-state index is 0.504. The maximum absolute atomic E-state index is 2.31. The standard InChI is InChI=1S/C12H16S/c1-3-12(4-2)9-10-7-5-6-8-11(10)13-12/h5-8H,3-4,9H2,1-2H3. The molecule has 0 amide bonds. The van der Waals surface area contributed by atoms with Gasteiger partial charge in [0.05, 0.1) is 0 Å². The van der Waals surface area contributed by atoms with Crippen LogP contribution in [0.25, 0.3) is 0 Å². The van der Waals surface area contributed by atoms with Crippen LogP contribution in [0.5, 0.6) is 0 Å². The molecule has 0 aliphatic carbocycles. The molecule has 0 radical (unpaired) electrons. The van der Waals surface area contributed by atoms with Crippen molar-refractivity contribution in [2.45, 2.75) is 42.8 Å². The first-order valence-electron chi connectivity index (χ1n) is 5.06. The van der Waals surface area contributed by atoms with Crippen molar-refractivity contribution in [1.82, 2.24) is 0 Å². The van der Waals surface area contributed by atoms with E-state index in [2.05, 4.69) is 49.9 Å². The van der Waals surface area contributed by atoms with E-state index in [0.29, 0.717) is 4.75 Å². The summed E-state index contributed by atoms with van der Waals surface area (Å²) in [6, 6.07) is 8.83. The van der Waals surface area contributed by atoms with Crippen LogP contribution in [0.1, 0.15) is 32.3 Å². The summed E-state index contributed by atoms with van der Waals surface area (Å²) in [6.07, 6.45) is 3.83. The van der Waals surface area contributed by atoms with Gasteiger partial charge in [0.25, 0.3) is 0 Å². The first-order valence-corrected chi connectivity index (χ1v) is 5.88. The molecule has 0 atom stereocenters. The molecule has 1 heteroatoms. The lowest BCUT2D eigenvalue weighted by Crippen LogP contribution is -2.20. The van der Waals surface area contributed by atoms with Gasteiger partial charge < -0.3 is 0 Å². The summed E-state index contributed by atoms with van der Waals surface area (Å²) in [6.45, 7) is 4.62. The Labute approximate surface area is 84.7 Å². The minimum Gasteiger partial charge on any atom is -0.119 e. The monoisotopic (exact) mass is 192 g/mol. The molecule has 0 bridgehead atoms. The maximum atomic E-state index is 2.31. The van der Waals surface area contributed by atoms with Gasteiger partial charge in [-0.2, -0.15) is 0 Å². The van der Waals surface area contributed by atoms with Crippen molar-refractivity contribution in [2.75, 3.05) is 0 Å². The third kappa shape index (κ3) is 1.50. The molecule has 0 unspecified atom stereocenters. The van der Waals surface area contributed by atoms with Crippen LogP contribution < -0.4 is 0 Å². The predicted molar refractivity (Wildman–Crippen MR) is 59.3 cm³/mol. The summed E-state index contributed by atoms with van der Waals surface area (Å²) in [4.78, 5) is 1.51. The van der Waals surface area contributed by atoms with Gasteiger partial charge in [0.2, 0.25) is 0 Å². The van der Waals surface area contributed by atoms with Gasteiger partial charge in [0.1, 0.15) is 0 Å². The Morgan fingerprint density at radius 1 is 1.23 bits per heavy atom. The van der Waals surface area contributed by atoms with E-state index < -0.39 is 0 Å². The largest absolute Gasteiger partial charge is 0.119 e. The van der Waals surface area contributed by atoms with Gasteiger partial charge in [0, 0.05) is 9.64 Å². The Bertz CT molecular complexity index is 273. The average Bonchev–Trinajstić information content (AvgIpc) is 2.57. The third-order valence-corrected chi connectivity index (χ3v) is 4.87. The smallest absolute Gasteiger partial charge is 0.0242 e. The lowest BCUT2D eigenvalue weighted by Gasteiger charge is -2.24. The van der Waals surface area contributed by atoms with Crippen LogP contribution in [-0.4, -0.2) is 4.75 Å². The number of hydrogen-bond donors (Lipinski definition) is 0. The van der Waals surface area contributed by atoms with Crippen LogP contribution in [-0.2, 0) is 6.42 Å². The van der Waals surface area contributed by atoms with Crippen molar-refractivity contribution < 1.29 is 0 Å². The fourth-order valence-electron chi connectivity index (χ4n) is 2.01. The lowest BCUT2D eigenvalue weighted by atomic mass is 9.94. The van der Waals surface area contributed by atoms with E-state index in [4.69, 9.17) is 0 Å². The highest BCUT2D eigenvalue weighted by molar-refractivity contribution is 8.01. The Kier molecular flexibility index (Phi) is 2.37. The molecule has 0 fully saturated rings. The second kappa shape index (κ2) is 3.38. The Hall–Kier alpha value is -0.430. The van der Waals surface area contributed by atoms with Crippen molar-refractivity contribution in [2.24, 2.45) is 0 Å². The molecule has 13 heavy (non-hydrogen) atoms. The van der Waals surface area contributed by atoms with Gasteiger partial charge in [-0.05, 0) is 30.9 Å². The number of rotatable bonds is 2. The van der Waals surface area contributed by atoms with E-state index >= 15 is 0 Å². The summed E-state index contributed by atoms with van der Waals surface area (Å²) in [5.74, 6) is 0. The minimum atomic E-state index is 0.504. The third-order valence-electron chi connectivity index (χ3n) is 3.10. The summed E-state index contributed by atoms with van der Waals surface area (Å²) in [5.41, 5.74) is 1.55. The quantitative estimate of drug-likeness (QED) is 0.685. The van der Waals surface area contributed by atoms with Gasteiger partial charge in [-0.3, -0.25) is 0 Å². The Morgan fingerprint density at radius 3 is 2.54 bits per heavy atom. The Morgan fingerprint density at radius 2 is 1.92 bits per heavy atom. The highest BCUT2D eigenvalue weighted by atomic mass is 32.2. The van der Waals surface area contributed by atoms with Crippen LogP contribution >= 0.6 is 11.8 Å². The molecule has 1 heterocycles. The van der Waals surface area contributed by atoms with Crippen molar-refractivity contribution in [3.8, 4) is 0 Å². The number of fused-ring (bicyclic) bond motifs is 1. The second-order valence-corrected chi connectivity index (χ2v) is 5.29. The van der Waals surface area contributed by atoms with Gasteiger partial charge in [-0.25, -0.2) is 0 Å². The number of hydrogen-bond acceptors (Lipinski definition) is 1. The summed E-state index contributed by atoms with van der Waals surface area (Å²) < 4.78 is 0.504. The van der Waals surface area contributed by atoms with Crippen LogP contribution in [0.3, 0.4) is 0 Å². The molecule has 70 valence electrons. The zero-order valence-electron chi connectivity index (χ0n) is 8.34. The summed E-state index contributed by atoms with van der Waals surface area (Å²) >= 11 is 2.08. The van der Waals surface area contributed by atoms with E-state index in [1.807, 2.05) is 0 Å². The molecule has 0 N–H and O–H groups in total. The first-order chi connectivity index (χ1) is 6.29.